The van der Waals surface area contributed by atoms with E-state index in [1.165, 1.54) is 19.3 Å². The number of carbonyl (C=O) groups is 1. The number of carboxylic acid groups (broad SMARTS) is 1. The first-order valence-electron chi connectivity index (χ1n) is 13.6. The molecule has 0 saturated heterocycles. The molecule has 0 fully saturated rings. The second-order valence-electron chi connectivity index (χ2n) is 10.5. The Morgan fingerprint density at radius 1 is 1.16 bits per heavy atom. The van der Waals surface area contributed by atoms with Crippen LogP contribution in [-0.4, -0.2) is 31.5 Å². The number of halogens is 1. The third-order valence-corrected chi connectivity index (χ3v) is 8.63. The highest BCUT2D eigenvalue weighted by molar-refractivity contribution is 6.31. The monoisotopic (exact) mass is 552 g/mol. The number of hydrogen-bond donors (Lipinski definition) is 2. The predicted molar refractivity (Wildman–Crippen MR) is 159 cm³/mol. The quantitative estimate of drug-likeness (QED) is 0.118. The lowest BCUT2D eigenvalue weighted by Gasteiger charge is -2.39. The molecule has 7 heteroatoms. The molecule has 0 aliphatic carbocycles. The molecule has 3 atom stereocenters. The first-order chi connectivity index (χ1) is 18.3. The number of aromatic nitrogens is 2. The van der Waals surface area contributed by atoms with Crippen LogP contribution < -0.4 is 0 Å². The van der Waals surface area contributed by atoms with Crippen LogP contribution in [0, 0.1) is 5.41 Å². The normalized spacial score (nSPS) is 15.2. The molecule has 3 aromatic rings. The minimum atomic E-state index is -0.936. The van der Waals surface area contributed by atoms with E-state index in [0.29, 0.717) is 28.2 Å². The molecule has 2 N–H and O–H groups in total. The van der Waals surface area contributed by atoms with Gasteiger partial charge in [-0.3, -0.25) is 0 Å². The van der Waals surface area contributed by atoms with Gasteiger partial charge in [-0.05, 0) is 47.4 Å². The van der Waals surface area contributed by atoms with Gasteiger partial charge in [0.15, 0.2) is 0 Å². The summed E-state index contributed by atoms with van der Waals surface area (Å²) >= 11 is 6.63. The third kappa shape index (κ3) is 8.16. The largest absolute Gasteiger partial charge is 0.478 e. The van der Waals surface area contributed by atoms with Gasteiger partial charge in [-0.25, -0.2) is 9.78 Å². The maximum absolute atomic E-state index is 11.9. The van der Waals surface area contributed by atoms with Gasteiger partial charge in [0.05, 0.1) is 11.9 Å². The molecule has 0 bridgehead atoms. The fourth-order valence-corrected chi connectivity index (χ4v) is 5.84. The second kappa shape index (κ2) is 14.5. The Balaban J connectivity index is 1.84. The van der Waals surface area contributed by atoms with Crippen molar-refractivity contribution in [2.45, 2.75) is 77.7 Å². The van der Waals surface area contributed by atoms with E-state index in [-0.39, 0.29) is 17.4 Å². The average Bonchev–Trinajstić information content (AvgIpc) is 3.38. The van der Waals surface area contributed by atoms with Crippen molar-refractivity contribution in [3.8, 4) is 0 Å². The molecule has 0 saturated carbocycles. The smallest absolute Gasteiger partial charge is 0.331 e. The van der Waals surface area contributed by atoms with Crippen LogP contribution in [0.5, 0.6) is 0 Å². The van der Waals surface area contributed by atoms with Gasteiger partial charge in [0.25, 0.3) is 0 Å². The fraction of sp³-hybridized carbons (Fsp3) is 0.419. The number of carboxylic acids is 1. The molecule has 3 rings (SSSR count). The van der Waals surface area contributed by atoms with E-state index in [1.54, 1.807) is 12.3 Å². The Kier molecular flexibility index (Phi) is 11.4. The average molecular weight is 553 g/mol. The van der Waals surface area contributed by atoms with Crippen LogP contribution in [0.25, 0.3) is 6.08 Å². The summed E-state index contributed by atoms with van der Waals surface area (Å²) in [4.78, 5) is 19.9. The summed E-state index contributed by atoms with van der Waals surface area (Å²) in [6.07, 6.45) is 10.2. The molecule has 0 aliphatic rings. The predicted octanol–water partition coefficient (Wildman–Crippen LogP) is 7.28. The lowest BCUT2D eigenvalue weighted by atomic mass is 9.68. The highest BCUT2D eigenvalue weighted by Crippen LogP contribution is 2.48. The molecule has 204 valence electrons. The summed E-state index contributed by atoms with van der Waals surface area (Å²) in [6.45, 7) is 6.84. The van der Waals surface area contributed by atoms with Gasteiger partial charge in [0, 0.05) is 17.0 Å². The SMILES string of the molecule is CCCCCCC(C)(CC(O[SiH3])c1ncc(/C=C(\Cc2ccccc2)C(=O)O)[nH]1)C(C)c1ccccc1Cl. The molecule has 0 amide bonds. The Labute approximate surface area is 235 Å². The molecule has 1 heterocycles. The number of unbranched alkanes of at least 4 members (excludes halogenated alkanes) is 3. The van der Waals surface area contributed by atoms with E-state index in [4.69, 9.17) is 16.0 Å². The highest BCUT2D eigenvalue weighted by atomic mass is 35.5. The summed E-state index contributed by atoms with van der Waals surface area (Å²) < 4.78 is 6.11. The number of aliphatic carboxylic acids is 1. The van der Waals surface area contributed by atoms with E-state index >= 15 is 0 Å². The first-order valence-corrected chi connectivity index (χ1v) is 14.8. The van der Waals surface area contributed by atoms with Gasteiger partial charge in [0.2, 0.25) is 0 Å². The summed E-state index contributed by atoms with van der Waals surface area (Å²) in [5, 5.41) is 10.6. The van der Waals surface area contributed by atoms with Crippen LogP contribution in [0.4, 0.5) is 0 Å². The van der Waals surface area contributed by atoms with Crippen LogP contribution in [0.1, 0.15) is 94.0 Å². The number of H-pyrrole nitrogens is 1. The first kappa shape index (κ1) is 29.9. The van der Waals surface area contributed by atoms with Gasteiger partial charge in [-0.2, -0.15) is 0 Å². The van der Waals surface area contributed by atoms with Gasteiger partial charge in [-0.1, -0.05) is 107 Å². The minimum Gasteiger partial charge on any atom is -0.478 e. The molecule has 0 radical (unpaired) electrons. The second-order valence-corrected chi connectivity index (χ2v) is 11.4. The summed E-state index contributed by atoms with van der Waals surface area (Å²) in [5.74, 6) is 0.0340. The zero-order chi connectivity index (χ0) is 27.5. The van der Waals surface area contributed by atoms with Crippen LogP contribution in [0.2, 0.25) is 5.02 Å². The molecule has 0 aliphatic heterocycles. The number of imidazole rings is 1. The van der Waals surface area contributed by atoms with E-state index in [9.17, 15) is 9.90 Å². The van der Waals surface area contributed by atoms with Crippen molar-refractivity contribution in [2.75, 3.05) is 0 Å². The number of rotatable bonds is 15. The van der Waals surface area contributed by atoms with E-state index in [2.05, 4.69) is 42.9 Å². The number of hydrogen-bond acceptors (Lipinski definition) is 3. The zero-order valence-corrected chi connectivity index (χ0v) is 25.8. The molecule has 5 nitrogen and oxygen atoms in total. The van der Waals surface area contributed by atoms with Crippen molar-refractivity contribution in [1.29, 1.82) is 0 Å². The van der Waals surface area contributed by atoms with Gasteiger partial charge >= 0.3 is 5.97 Å². The van der Waals surface area contributed by atoms with Crippen molar-refractivity contribution in [1.82, 2.24) is 9.97 Å². The van der Waals surface area contributed by atoms with Crippen LogP contribution in [-0.2, 0) is 15.6 Å². The molecular weight excluding hydrogens is 512 g/mol. The number of aromatic amines is 1. The van der Waals surface area contributed by atoms with Crippen molar-refractivity contribution in [3.63, 3.8) is 0 Å². The van der Waals surface area contributed by atoms with Crippen LogP contribution in [0.3, 0.4) is 0 Å². The van der Waals surface area contributed by atoms with Crippen molar-refractivity contribution in [3.05, 3.63) is 94.0 Å². The zero-order valence-electron chi connectivity index (χ0n) is 23.0. The van der Waals surface area contributed by atoms with Gasteiger partial charge < -0.3 is 14.5 Å². The lowest BCUT2D eigenvalue weighted by Crippen LogP contribution is -2.28. The molecule has 2 aromatic carbocycles. The topological polar surface area (TPSA) is 75.2 Å². The lowest BCUT2D eigenvalue weighted by molar-refractivity contribution is -0.132. The molecular formula is C31H41ClN2O3Si. The van der Waals surface area contributed by atoms with Crippen molar-refractivity contribution < 1.29 is 14.3 Å². The molecule has 1 aromatic heterocycles. The minimum absolute atomic E-state index is 0.0594. The van der Waals surface area contributed by atoms with E-state index < -0.39 is 5.97 Å². The standard InChI is InChI=1S/C31H41ClN2O3Si/c1-4-5-6-12-17-31(3,22(2)26-15-10-11-16-27(26)32)20-28(37-38)29-33-21-25(34-29)19-24(30(35)36)18-23-13-8-7-9-14-23/h7-11,13-16,19,21-22,28H,4-6,12,17-18,20H2,1-3,38H3,(H,33,34)(H,35,36)/b24-19+. The molecule has 0 spiro atoms. The van der Waals surface area contributed by atoms with Crippen LogP contribution >= 0.6 is 11.6 Å². The third-order valence-electron chi connectivity index (χ3n) is 7.72. The van der Waals surface area contributed by atoms with E-state index in [1.807, 2.05) is 42.5 Å². The Bertz CT molecular complexity index is 1200. The Morgan fingerprint density at radius 2 is 1.87 bits per heavy atom. The number of benzene rings is 2. The van der Waals surface area contributed by atoms with Crippen molar-refractivity contribution in [2.24, 2.45) is 5.41 Å². The summed E-state index contributed by atoms with van der Waals surface area (Å²) in [7, 11) is 0.564. The summed E-state index contributed by atoms with van der Waals surface area (Å²) in [5.41, 5.74) is 3.03. The molecule has 3 unspecified atom stereocenters. The maximum atomic E-state index is 11.9. The van der Waals surface area contributed by atoms with Gasteiger partial charge in [-0.15, -0.1) is 0 Å². The van der Waals surface area contributed by atoms with Crippen molar-refractivity contribution >= 4 is 34.1 Å². The van der Waals surface area contributed by atoms with E-state index in [0.717, 1.165) is 41.2 Å². The highest BCUT2D eigenvalue weighted by Gasteiger charge is 2.36. The summed E-state index contributed by atoms with van der Waals surface area (Å²) in [6, 6.07) is 17.7. The Morgan fingerprint density at radius 3 is 2.53 bits per heavy atom. The van der Waals surface area contributed by atoms with Gasteiger partial charge in [0.1, 0.15) is 22.4 Å². The fourth-order valence-electron chi connectivity index (χ4n) is 5.15. The molecule has 38 heavy (non-hydrogen) atoms. The van der Waals surface area contributed by atoms with Crippen LogP contribution in [0.15, 0.2) is 66.4 Å². The Hall–Kier alpha value is -2.67. The number of nitrogens with zero attached hydrogens (tertiary/aromatic N) is 1. The maximum Gasteiger partial charge on any atom is 0.331 e. The number of nitrogens with one attached hydrogen (secondary N) is 1.